The second kappa shape index (κ2) is 7.83. The van der Waals surface area contributed by atoms with Crippen molar-refractivity contribution in [3.05, 3.63) is 29.8 Å². The number of amides is 1. The highest BCUT2D eigenvalue weighted by Gasteiger charge is 2.29. The SMILES string of the molecule is Cc1cccc(N2CCN(S(=O)(=O)CC(=O)NC(C)C(=O)O)CC2)c1. The molecule has 2 N–H and O–H groups in total. The molecule has 1 fully saturated rings. The van der Waals surface area contributed by atoms with Gasteiger partial charge in [-0.25, -0.2) is 8.42 Å². The Labute approximate surface area is 147 Å². The van der Waals surface area contributed by atoms with E-state index in [1.54, 1.807) is 0 Å². The number of sulfonamides is 1. The third-order valence-corrected chi connectivity index (χ3v) is 5.84. The first-order chi connectivity index (χ1) is 11.7. The number of hydrogen-bond acceptors (Lipinski definition) is 5. The van der Waals surface area contributed by atoms with E-state index in [4.69, 9.17) is 5.11 Å². The smallest absolute Gasteiger partial charge is 0.325 e. The summed E-state index contributed by atoms with van der Waals surface area (Å²) in [6.07, 6.45) is 0. The number of carbonyl (C=O) groups excluding carboxylic acids is 1. The number of hydrogen-bond donors (Lipinski definition) is 2. The molecule has 0 spiro atoms. The molecule has 8 nitrogen and oxygen atoms in total. The van der Waals surface area contributed by atoms with E-state index in [-0.39, 0.29) is 13.1 Å². The predicted molar refractivity (Wildman–Crippen MR) is 94.0 cm³/mol. The van der Waals surface area contributed by atoms with Gasteiger partial charge in [0.15, 0.2) is 0 Å². The fraction of sp³-hybridized carbons (Fsp3) is 0.500. The number of anilines is 1. The summed E-state index contributed by atoms with van der Waals surface area (Å²) in [5, 5.41) is 10.9. The molecule has 25 heavy (non-hydrogen) atoms. The molecule has 0 bridgehead atoms. The van der Waals surface area contributed by atoms with Crippen LogP contribution in [-0.4, -0.2) is 67.7 Å². The van der Waals surface area contributed by atoms with Crippen LogP contribution in [0, 0.1) is 6.92 Å². The summed E-state index contributed by atoms with van der Waals surface area (Å²) in [6.45, 7) is 4.94. The minimum absolute atomic E-state index is 0.290. The van der Waals surface area contributed by atoms with Crippen LogP contribution < -0.4 is 10.2 Å². The van der Waals surface area contributed by atoms with Crippen molar-refractivity contribution >= 4 is 27.6 Å². The number of carboxylic acid groups (broad SMARTS) is 1. The quantitative estimate of drug-likeness (QED) is 0.733. The topological polar surface area (TPSA) is 107 Å². The van der Waals surface area contributed by atoms with E-state index >= 15 is 0 Å². The van der Waals surface area contributed by atoms with Crippen LogP contribution in [-0.2, 0) is 19.6 Å². The predicted octanol–water partition coefficient (Wildman–Crippen LogP) is 0.0361. The van der Waals surface area contributed by atoms with Crippen molar-refractivity contribution in [2.24, 2.45) is 0 Å². The summed E-state index contributed by atoms with van der Waals surface area (Å²) >= 11 is 0. The number of carbonyl (C=O) groups is 2. The summed E-state index contributed by atoms with van der Waals surface area (Å²) in [4.78, 5) is 24.6. The number of benzene rings is 1. The lowest BCUT2D eigenvalue weighted by Crippen LogP contribution is -2.51. The number of carboxylic acids is 1. The molecule has 138 valence electrons. The molecule has 0 aliphatic carbocycles. The normalized spacial score (nSPS) is 17.1. The maximum absolute atomic E-state index is 12.3. The Morgan fingerprint density at radius 1 is 1.24 bits per heavy atom. The summed E-state index contributed by atoms with van der Waals surface area (Å²) < 4.78 is 26.0. The summed E-state index contributed by atoms with van der Waals surface area (Å²) in [5.74, 6) is -2.76. The third-order valence-electron chi connectivity index (χ3n) is 4.06. The van der Waals surface area contributed by atoms with Gasteiger partial charge >= 0.3 is 5.97 Å². The zero-order valence-electron chi connectivity index (χ0n) is 14.3. The van der Waals surface area contributed by atoms with Crippen LogP contribution in [0.5, 0.6) is 0 Å². The molecule has 1 aliphatic heterocycles. The number of rotatable bonds is 6. The summed E-state index contributed by atoms with van der Waals surface area (Å²) in [5.41, 5.74) is 2.18. The monoisotopic (exact) mass is 369 g/mol. The molecule has 1 atom stereocenters. The highest BCUT2D eigenvalue weighted by molar-refractivity contribution is 7.89. The Kier molecular flexibility index (Phi) is 6.02. The minimum Gasteiger partial charge on any atom is -0.480 e. The Morgan fingerprint density at radius 3 is 2.44 bits per heavy atom. The van der Waals surface area contributed by atoms with Crippen LogP contribution >= 0.6 is 0 Å². The molecule has 1 aromatic rings. The minimum atomic E-state index is -3.77. The maximum atomic E-state index is 12.3. The molecule has 1 unspecified atom stereocenters. The molecule has 9 heteroatoms. The molecule has 1 saturated heterocycles. The van der Waals surface area contributed by atoms with E-state index in [0.29, 0.717) is 13.1 Å². The van der Waals surface area contributed by atoms with Gasteiger partial charge in [-0.1, -0.05) is 12.1 Å². The van der Waals surface area contributed by atoms with Gasteiger partial charge in [0.2, 0.25) is 15.9 Å². The van der Waals surface area contributed by atoms with E-state index < -0.39 is 33.7 Å². The number of aliphatic carboxylic acids is 1. The molecular formula is C16H23N3O5S. The van der Waals surface area contributed by atoms with Gasteiger partial charge in [0.05, 0.1) is 0 Å². The Hall–Kier alpha value is -2.13. The van der Waals surface area contributed by atoms with Gasteiger partial charge in [-0.15, -0.1) is 0 Å². The Morgan fingerprint density at radius 2 is 1.88 bits per heavy atom. The first-order valence-corrected chi connectivity index (χ1v) is 9.61. The summed E-state index contributed by atoms with van der Waals surface area (Å²) in [6, 6.07) is 6.87. The van der Waals surface area contributed by atoms with E-state index in [9.17, 15) is 18.0 Å². The number of nitrogens with zero attached hydrogens (tertiary/aromatic N) is 2. The van der Waals surface area contributed by atoms with Gasteiger partial charge in [0.1, 0.15) is 11.8 Å². The standard InChI is InChI=1S/C16H23N3O5S/c1-12-4-3-5-14(10-12)18-6-8-19(9-7-18)25(23,24)11-15(20)17-13(2)16(21)22/h3-5,10,13H,6-9,11H2,1-2H3,(H,17,20)(H,21,22). The second-order valence-corrected chi connectivity index (χ2v) is 8.08. The zero-order chi connectivity index (χ0) is 18.6. The van der Waals surface area contributed by atoms with E-state index in [0.717, 1.165) is 11.3 Å². The molecule has 0 radical (unpaired) electrons. The summed E-state index contributed by atoms with van der Waals surface area (Å²) in [7, 11) is -3.77. The van der Waals surface area contributed by atoms with Gasteiger partial charge in [-0.05, 0) is 31.5 Å². The molecule has 0 aromatic heterocycles. The van der Waals surface area contributed by atoms with Crippen molar-refractivity contribution in [1.82, 2.24) is 9.62 Å². The molecule has 1 aromatic carbocycles. The average molecular weight is 369 g/mol. The van der Waals surface area contributed by atoms with Gasteiger partial charge in [-0.3, -0.25) is 9.59 Å². The van der Waals surface area contributed by atoms with E-state index in [1.807, 2.05) is 31.2 Å². The largest absolute Gasteiger partial charge is 0.480 e. The Bertz CT molecular complexity index is 742. The Balaban J connectivity index is 1.92. The lowest BCUT2D eigenvalue weighted by molar-refractivity contribution is -0.140. The zero-order valence-corrected chi connectivity index (χ0v) is 15.1. The maximum Gasteiger partial charge on any atom is 0.325 e. The first-order valence-electron chi connectivity index (χ1n) is 8.00. The van der Waals surface area contributed by atoms with Crippen LogP contribution in [0.2, 0.25) is 0 Å². The lowest BCUT2D eigenvalue weighted by atomic mass is 10.2. The van der Waals surface area contributed by atoms with Crippen LogP contribution in [0.25, 0.3) is 0 Å². The van der Waals surface area contributed by atoms with E-state index in [2.05, 4.69) is 10.2 Å². The van der Waals surface area contributed by atoms with Gasteiger partial charge in [0.25, 0.3) is 0 Å². The van der Waals surface area contributed by atoms with Gasteiger partial charge in [0, 0.05) is 31.9 Å². The van der Waals surface area contributed by atoms with Crippen LogP contribution in [0.15, 0.2) is 24.3 Å². The lowest BCUT2D eigenvalue weighted by Gasteiger charge is -2.35. The molecular weight excluding hydrogens is 346 g/mol. The van der Waals surface area contributed by atoms with Crippen molar-refractivity contribution < 1.29 is 23.1 Å². The van der Waals surface area contributed by atoms with Crippen LogP contribution in [0.3, 0.4) is 0 Å². The van der Waals surface area contributed by atoms with Crippen molar-refractivity contribution in [3.8, 4) is 0 Å². The van der Waals surface area contributed by atoms with Crippen LogP contribution in [0.1, 0.15) is 12.5 Å². The number of aryl methyl sites for hydroxylation is 1. The fourth-order valence-corrected chi connectivity index (χ4v) is 3.97. The van der Waals surface area contributed by atoms with Crippen molar-refractivity contribution in [2.75, 3.05) is 36.8 Å². The average Bonchev–Trinajstić information content (AvgIpc) is 2.54. The molecule has 0 saturated carbocycles. The highest BCUT2D eigenvalue weighted by Crippen LogP contribution is 2.19. The van der Waals surface area contributed by atoms with Crippen LogP contribution in [0.4, 0.5) is 5.69 Å². The first kappa shape index (κ1) is 19.2. The molecule has 1 aliphatic rings. The van der Waals surface area contributed by atoms with Crippen molar-refractivity contribution in [2.45, 2.75) is 19.9 Å². The highest BCUT2D eigenvalue weighted by atomic mass is 32.2. The third kappa shape index (κ3) is 5.17. The van der Waals surface area contributed by atoms with Crippen molar-refractivity contribution in [3.63, 3.8) is 0 Å². The van der Waals surface area contributed by atoms with Gasteiger partial charge < -0.3 is 15.3 Å². The van der Waals surface area contributed by atoms with Gasteiger partial charge in [-0.2, -0.15) is 4.31 Å². The van der Waals surface area contributed by atoms with E-state index in [1.165, 1.54) is 11.2 Å². The molecule has 2 rings (SSSR count). The number of piperazine rings is 1. The fourth-order valence-electron chi connectivity index (χ4n) is 2.65. The molecule has 1 amide bonds. The molecule has 1 heterocycles. The second-order valence-electron chi connectivity index (χ2n) is 6.11. The number of nitrogens with one attached hydrogen (secondary N) is 1. The van der Waals surface area contributed by atoms with Crippen molar-refractivity contribution in [1.29, 1.82) is 0 Å².